The number of hydrogen-bond donors (Lipinski definition) is 2. The first-order chi connectivity index (χ1) is 12.5. The molecule has 0 spiro atoms. The lowest BCUT2D eigenvalue weighted by molar-refractivity contribution is -0.160. The lowest BCUT2D eigenvalue weighted by Gasteiger charge is -2.10. The van der Waals surface area contributed by atoms with E-state index in [9.17, 15) is 19.5 Å². The molecule has 152 valence electrons. The lowest BCUT2D eigenvalue weighted by Crippen LogP contribution is -2.36. The van der Waals surface area contributed by atoms with E-state index in [1.807, 2.05) is 0 Å². The van der Waals surface area contributed by atoms with Gasteiger partial charge in [0.15, 0.2) is 0 Å². The van der Waals surface area contributed by atoms with Gasteiger partial charge in [-0.1, -0.05) is 77.6 Å². The van der Waals surface area contributed by atoms with E-state index >= 15 is 0 Å². The van der Waals surface area contributed by atoms with E-state index in [2.05, 4.69) is 17.0 Å². The molecular formula is C20H37NO5. The van der Waals surface area contributed by atoms with Crippen molar-refractivity contribution >= 4 is 17.8 Å². The van der Waals surface area contributed by atoms with Gasteiger partial charge < -0.3 is 15.2 Å². The highest BCUT2D eigenvalue weighted by molar-refractivity contribution is 5.89. The highest BCUT2D eigenvalue weighted by Crippen LogP contribution is 2.11. The van der Waals surface area contributed by atoms with Crippen LogP contribution in [0.3, 0.4) is 0 Å². The Bertz CT molecular complexity index is 398. The molecule has 0 saturated heterocycles. The molecule has 0 aliphatic heterocycles. The summed E-state index contributed by atoms with van der Waals surface area (Å²) in [7, 11) is 0. The number of esters is 2. The number of amides is 1. The van der Waals surface area contributed by atoms with Crippen molar-refractivity contribution in [3.63, 3.8) is 0 Å². The molecule has 6 nitrogen and oxygen atoms in total. The zero-order valence-corrected chi connectivity index (χ0v) is 16.6. The first-order valence-electron chi connectivity index (χ1n) is 10.1. The summed E-state index contributed by atoms with van der Waals surface area (Å²) in [5, 5.41) is 12.2. The molecule has 1 amide bonds. The second-order valence-corrected chi connectivity index (χ2v) is 6.87. The highest BCUT2D eigenvalue weighted by atomic mass is 16.6. The van der Waals surface area contributed by atoms with Crippen molar-refractivity contribution in [3.8, 4) is 0 Å². The van der Waals surface area contributed by atoms with Gasteiger partial charge in [-0.05, 0) is 6.42 Å². The van der Waals surface area contributed by atoms with E-state index in [0.29, 0.717) is 6.54 Å². The molecule has 0 radical (unpaired) electrons. The smallest absolute Gasteiger partial charge is 0.316 e. The molecule has 0 aliphatic rings. The predicted molar refractivity (Wildman–Crippen MR) is 101 cm³/mol. The number of aliphatic hydroxyl groups is 1. The fourth-order valence-corrected chi connectivity index (χ4v) is 2.75. The molecule has 0 aromatic carbocycles. The Morgan fingerprint density at radius 3 is 1.77 bits per heavy atom. The van der Waals surface area contributed by atoms with Crippen LogP contribution in [-0.2, 0) is 19.1 Å². The molecule has 0 saturated carbocycles. The van der Waals surface area contributed by atoms with Crippen LogP contribution >= 0.6 is 0 Å². The Labute approximate surface area is 158 Å². The van der Waals surface area contributed by atoms with Gasteiger partial charge in [0.25, 0.3) is 0 Å². The number of aliphatic hydroxyl groups excluding tert-OH is 1. The Morgan fingerprint density at radius 2 is 1.31 bits per heavy atom. The second-order valence-electron chi connectivity index (χ2n) is 6.87. The Hall–Kier alpha value is -1.43. The molecular weight excluding hydrogens is 334 g/mol. The summed E-state index contributed by atoms with van der Waals surface area (Å²) in [4.78, 5) is 33.4. The molecule has 1 atom stereocenters. The van der Waals surface area contributed by atoms with Crippen molar-refractivity contribution in [3.05, 3.63) is 0 Å². The normalized spacial score (nSPS) is 11.8. The SMILES string of the molecule is CCCCCCCCCCCCCCNC(=O)C(O)CC(=O)OC(C)=O. The third-order valence-corrected chi connectivity index (χ3v) is 4.25. The number of rotatable bonds is 16. The summed E-state index contributed by atoms with van der Waals surface area (Å²) >= 11 is 0. The van der Waals surface area contributed by atoms with Crippen molar-refractivity contribution in [2.24, 2.45) is 0 Å². The lowest BCUT2D eigenvalue weighted by atomic mass is 10.1. The summed E-state index contributed by atoms with van der Waals surface area (Å²) < 4.78 is 4.28. The van der Waals surface area contributed by atoms with Crippen LogP contribution < -0.4 is 5.32 Å². The summed E-state index contributed by atoms with van der Waals surface area (Å²) in [5.41, 5.74) is 0. The maximum atomic E-state index is 11.6. The molecule has 2 N–H and O–H groups in total. The zero-order valence-electron chi connectivity index (χ0n) is 16.6. The van der Waals surface area contributed by atoms with Crippen molar-refractivity contribution in [1.29, 1.82) is 0 Å². The van der Waals surface area contributed by atoms with Gasteiger partial charge in [-0.15, -0.1) is 0 Å². The Morgan fingerprint density at radius 1 is 0.846 bits per heavy atom. The first kappa shape index (κ1) is 24.6. The number of unbranched alkanes of at least 4 members (excludes halogenated alkanes) is 11. The minimum atomic E-state index is -1.47. The van der Waals surface area contributed by atoms with Gasteiger partial charge >= 0.3 is 11.9 Å². The summed E-state index contributed by atoms with van der Waals surface area (Å²) in [6.07, 6.45) is 13.0. The molecule has 0 rings (SSSR count). The minimum absolute atomic E-state index is 0.481. The fraction of sp³-hybridized carbons (Fsp3) is 0.850. The molecule has 0 heterocycles. The van der Waals surface area contributed by atoms with E-state index in [-0.39, 0.29) is 0 Å². The van der Waals surface area contributed by atoms with Crippen LogP contribution in [0.25, 0.3) is 0 Å². The van der Waals surface area contributed by atoms with Crippen LogP contribution in [0.4, 0.5) is 0 Å². The molecule has 1 unspecified atom stereocenters. The van der Waals surface area contributed by atoms with Crippen LogP contribution in [0, 0.1) is 0 Å². The van der Waals surface area contributed by atoms with E-state index in [1.54, 1.807) is 0 Å². The molecule has 26 heavy (non-hydrogen) atoms. The number of carbonyl (C=O) groups is 3. The second kappa shape index (κ2) is 17.0. The monoisotopic (exact) mass is 371 g/mol. The molecule has 0 aromatic heterocycles. The fourth-order valence-electron chi connectivity index (χ4n) is 2.75. The van der Waals surface area contributed by atoms with Crippen LogP contribution in [-0.4, -0.2) is 35.6 Å². The van der Waals surface area contributed by atoms with Crippen molar-refractivity contribution in [1.82, 2.24) is 5.32 Å². The van der Waals surface area contributed by atoms with Gasteiger partial charge in [-0.2, -0.15) is 0 Å². The average Bonchev–Trinajstić information content (AvgIpc) is 2.57. The van der Waals surface area contributed by atoms with Gasteiger partial charge in [0, 0.05) is 13.5 Å². The van der Waals surface area contributed by atoms with Crippen molar-refractivity contribution in [2.75, 3.05) is 6.54 Å². The van der Waals surface area contributed by atoms with Crippen LogP contribution in [0.1, 0.15) is 97.3 Å². The summed E-state index contributed by atoms with van der Waals surface area (Å²) in [6.45, 7) is 3.81. The standard InChI is InChI=1S/C20H37NO5/c1-3-4-5-6-7-8-9-10-11-12-13-14-15-21-20(25)18(23)16-19(24)26-17(2)22/h18,23H,3-16H2,1-2H3,(H,21,25). The summed E-state index contributed by atoms with van der Waals surface area (Å²) in [6, 6.07) is 0. The number of ether oxygens (including phenoxy) is 1. The highest BCUT2D eigenvalue weighted by Gasteiger charge is 2.20. The number of nitrogens with one attached hydrogen (secondary N) is 1. The van der Waals surface area contributed by atoms with Gasteiger partial charge in [0.2, 0.25) is 5.91 Å². The maximum Gasteiger partial charge on any atom is 0.316 e. The molecule has 0 aromatic rings. The molecule has 0 fully saturated rings. The number of carbonyl (C=O) groups excluding carboxylic acids is 3. The van der Waals surface area contributed by atoms with E-state index in [1.165, 1.54) is 57.8 Å². The minimum Gasteiger partial charge on any atom is -0.393 e. The van der Waals surface area contributed by atoms with E-state index < -0.39 is 30.4 Å². The molecule has 6 heteroatoms. The third kappa shape index (κ3) is 16.1. The van der Waals surface area contributed by atoms with Gasteiger partial charge in [-0.3, -0.25) is 14.4 Å². The molecule has 0 aliphatic carbocycles. The van der Waals surface area contributed by atoms with Gasteiger partial charge in [-0.25, -0.2) is 0 Å². The van der Waals surface area contributed by atoms with E-state index in [0.717, 1.165) is 26.2 Å². The van der Waals surface area contributed by atoms with Crippen molar-refractivity contribution < 1.29 is 24.2 Å². The quantitative estimate of drug-likeness (QED) is 0.245. The number of hydrogen-bond acceptors (Lipinski definition) is 5. The maximum absolute atomic E-state index is 11.6. The van der Waals surface area contributed by atoms with E-state index in [4.69, 9.17) is 0 Å². The molecule has 0 bridgehead atoms. The average molecular weight is 372 g/mol. The van der Waals surface area contributed by atoms with Crippen molar-refractivity contribution in [2.45, 2.75) is 103 Å². The van der Waals surface area contributed by atoms with Gasteiger partial charge in [0.05, 0.1) is 6.42 Å². The third-order valence-electron chi connectivity index (χ3n) is 4.25. The summed E-state index contributed by atoms with van der Waals surface area (Å²) in [5.74, 6) is -2.25. The Balaban J connectivity index is 3.42. The largest absolute Gasteiger partial charge is 0.393 e. The first-order valence-corrected chi connectivity index (χ1v) is 10.1. The predicted octanol–water partition coefficient (Wildman–Crippen LogP) is 3.64. The Kier molecular flexibility index (Phi) is 16.1. The zero-order chi connectivity index (χ0) is 19.6. The topological polar surface area (TPSA) is 92.7 Å². The van der Waals surface area contributed by atoms with Crippen LogP contribution in [0.2, 0.25) is 0 Å². The van der Waals surface area contributed by atoms with Crippen LogP contribution in [0.15, 0.2) is 0 Å². The van der Waals surface area contributed by atoms with Crippen LogP contribution in [0.5, 0.6) is 0 Å². The van der Waals surface area contributed by atoms with Gasteiger partial charge in [0.1, 0.15) is 6.10 Å².